The molecule has 0 aliphatic rings. The van der Waals surface area contributed by atoms with Crippen molar-refractivity contribution in [3.8, 4) is 0 Å². The van der Waals surface area contributed by atoms with Crippen molar-refractivity contribution in [3.05, 3.63) is 17.0 Å². The first-order valence-electron chi connectivity index (χ1n) is 4.96. The molecule has 2 amide bonds. The summed E-state index contributed by atoms with van der Waals surface area (Å²) >= 11 is 1.01. The fourth-order valence-corrected chi connectivity index (χ4v) is 1.97. The van der Waals surface area contributed by atoms with Crippen molar-refractivity contribution in [2.45, 2.75) is 13.0 Å². The number of carbonyl (C=O) groups is 3. The van der Waals surface area contributed by atoms with Crippen LogP contribution in [0.3, 0.4) is 0 Å². The molecule has 4 N–H and O–H groups in total. The number of rotatable bonds is 5. The molecule has 0 saturated heterocycles. The summed E-state index contributed by atoms with van der Waals surface area (Å²) in [5, 5.41) is 22.6. The lowest BCUT2D eigenvalue weighted by molar-refractivity contribution is -0.140. The summed E-state index contributed by atoms with van der Waals surface area (Å²) in [4.78, 5) is 33.3. The summed E-state index contributed by atoms with van der Waals surface area (Å²) in [6.07, 6.45) is 0. The zero-order chi connectivity index (χ0) is 13.7. The zero-order valence-corrected chi connectivity index (χ0v) is 10.3. The Labute approximate surface area is 106 Å². The van der Waals surface area contributed by atoms with Crippen LogP contribution < -0.4 is 10.6 Å². The Hall–Kier alpha value is -1.93. The Bertz CT molecular complexity index is 471. The molecular formula is C10H12N2O5S. The molecule has 1 unspecified atom stereocenters. The van der Waals surface area contributed by atoms with Crippen molar-refractivity contribution in [1.82, 2.24) is 5.32 Å². The van der Waals surface area contributed by atoms with Gasteiger partial charge >= 0.3 is 5.97 Å². The Morgan fingerprint density at radius 2 is 2.06 bits per heavy atom. The topological polar surface area (TPSA) is 116 Å². The van der Waals surface area contributed by atoms with Gasteiger partial charge < -0.3 is 20.8 Å². The minimum absolute atomic E-state index is 0.249. The largest absolute Gasteiger partial charge is 0.480 e. The van der Waals surface area contributed by atoms with E-state index in [1.807, 2.05) is 0 Å². The smallest absolute Gasteiger partial charge is 0.328 e. The predicted octanol–water partition coefficient (Wildman–Crippen LogP) is -0.118. The van der Waals surface area contributed by atoms with Crippen LogP contribution in [0, 0.1) is 0 Å². The average molecular weight is 272 g/mol. The minimum Gasteiger partial charge on any atom is -0.480 e. The van der Waals surface area contributed by atoms with Gasteiger partial charge in [-0.2, -0.15) is 0 Å². The third-order valence-electron chi connectivity index (χ3n) is 1.92. The average Bonchev–Trinajstić information content (AvgIpc) is 2.72. The molecule has 1 aromatic heterocycles. The number of aliphatic carboxylic acids is 1. The molecule has 18 heavy (non-hydrogen) atoms. The second-order valence-electron chi connectivity index (χ2n) is 3.39. The maximum absolute atomic E-state index is 11.6. The van der Waals surface area contributed by atoms with Crippen molar-refractivity contribution >= 4 is 34.1 Å². The van der Waals surface area contributed by atoms with Gasteiger partial charge in [0.2, 0.25) is 5.91 Å². The molecule has 0 fully saturated rings. The standard InChI is InChI=1S/C10H12N2O5S/c1-5(14)11-8-3-2-7(18-8)9(15)12-6(4-13)10(16)17/h2-3,6,13H,4H2,1H3,(H,11,14)(H,12,15)(H,16,17). The first-order valence-corrected chi connectivity index (χ1v) is 5.77. The Morgan fingerprint density at radius 1 is 1.39 bits per heavy atom. The van der Waals surface area contributed by atoms with E-state index in [2.05, 4.69) is 10.6 Å². The van der Waals surface area contributed by atoms with Gasteiger partial charge in [0.15, 0.2) is 6.04 Å². The van der Waals surface area contributed by atoms with E-state index in [9.17, 15) is 14.4 Å². The monoisotopic (exact) mass is 272 g/mol. The van der Waals surface area contributed by atoms with Gasteiger partial charge in [0, 0.05) is 6.92 Å². The summed E-state index contributed by atoms with van der Waals surface area (Å²) in [6, 6.07) is 1.65. The quantitative estimate of drug-likeness (QED) is 0.596. The highest BCUT2D eigenvalue weighted by Crippen LogP contribution is 2.21. The molecule has 98 valence electrons. The van der Waals surface area contributed by atoms with Crippen LogP contribution >= 0.6 is 11.3 Å². The van der Waals surface area contributed by atoms with E-state index in [0.29, 0.717) is 5.00 Å². The lowest BCUT2D eigenvalue weighted by atomic mass is 10.3. The maximum Gasteiger partial charge on any atom is 0.328 e. The van der Waals surface area contributed by atoms with E-state index >= 15 is 0 Å². The number of hydrogen-bond acceptors (Lipinski definition) is 5. The van der Waals surface area contributed by atoms with Crippen molar-refractivity contribution in [3.63, 3.8) is 0 Å². The van der Waals surface area contributed by atoms with E-state index in [0.717, 1.165) is 11.3 Å². The number of carboxylic acids is 1. The van der Waals surface area contributed by atoms with Gasteiger partial charge in [0.25, 0.3) is 5.91 Å². The molecule has 0 bridgehead atoms. The van der Waals surface area contributed by atoms with Crippen molar-refractivity contribution in [1.29, 1.82) is 0 Å². The van der Waals surface area contributed by atoms with Crippen LogP contribution in [-0.4, -0.2) is 40.6 Å². The summed E-state index contributed by atoms with van der Waals surface area (Å²) < 4.78 is 0. The van der Waals surface area contributed by atoms with Crippen LogP contribution in [-0.2, 0) is 9.59 Å². The van der Waals surface area contributed by atoms with Crippen LogP contribution in [0.15, 0.2) is 12.1 Å². The minimum atomic E-state index is -1.34. The van der Waals surface area contributed by atoms with E-state index in [1.54, 1.807) is 0 Å². The first kappa shape index (κ1) is 14.1. The van der Waals surface area contributed by atoms with Crippen LogP contribution in [0.2, 0.25) is 0 Å². The van der Waals surface area contributed by atoms with E-state index in [4.69, 9.17) is 10.2 Å². The maximum atomic E-state index is 11.6. The molecular weight excluding hydrogens is 260 g/mol. The molecule has 0 saturated carbocycles. The highest BCUT2D eigenvalue weighted by atomic mass is 32.1. The van der Waals surface area contributed by atoms with Gasteiger partial charge in [-0.1, -0.05) is 0 Å². The lowest BCUT2D eigenvalue weighted by Gasteiger charge is -2.10. The molecule has 1 rings (SSSR count). The van der Waals surface area contributed by atoms with Crippen LogP contribution in [0.5, 0.6) is 0 Å². The number of amides is 2. The molecule has 0 aromatic carbocycles. The van der Waals surface area contributed by atoms with Crippen molar-refractivity contribution in [2.75, 3.05) is 11.9 Å². The summed E-state index contributed by atoms with van der Waals surface area (Å²) in [6.45, 7) is 0.649. The molecule has 0 aliphatic carbocycles. The molecule has 0 radical (unpaired) electrons. The van der Waals surface area contributed by atoms with Gasteiger partial charge in [-0.05, 0) is 12.1 Å². The highest BCUT2D eigenvalue weighted by Gasteiger charge is 2.20. The second kappa shape index (κ2) is 6.12. The molecule has 1 heterocycles. The first-order chi connectivity index (χ1) is 8.43. The van der Waals surface area contributed by atoms with Gasteiger partial charge in [0.05, 0.1) is 16.5 Å². The molecule has 7 nitrogen and oxygen atoms in total. The fraction of sp³-hybridized carbons (Fsp3) is 0.300. The third kappa shape index (κ3) is 3.82. The van der Waals surface area contributed by atoms with Gasteiger partial charge in [0.1, 0.15) is 0 Å². The number of anilines is 1. The highest BCUT2D eigenvalue weighted by molar-refractivity contribution is 7.18. The molecule has 0 spiro atoms. The molecule has 8 heteroatoms. The second-order valence-corrected chi connectivity index (χ2v) is 4.48. The number of aliphatic hydroxyl groups is 1. The lowest BCUT2D eigenvalue weighted by Crippen LogP contribution is -2.43. The molecule has 1 aromatic rings. The number of thiophene rings is 1. The van der Waals surface area contributed by atoms with Gasteiger partial charge in [-0.3, -0.25) is 9.59 Å². The van der Waals surface area contributed by atoms with Crippen LogP contribution in [0.25, 0.3) is 0 Å². The molecule has 0 aliphatic heterocycles. The van der Waals surface area contributed by atoms with Crippen molar-refractivity contribution in [2.24, 2.45) is 0 Å². The van der Waals surface area contributed by atoms with E-state index in [-0.39, 0.29) is 10.8 Å². The predicted molar refractivity (Wildman–Crippen MR) is 64.6 cm³/mol. The number of aliphatic hydroxyl groups excluding tert-OH is 1. The Kier molecular flexibility index (Phi) is 4.81. The van der Waals surface area contributed by atoms with Crippen LogP contribution in [0.1, 0.15) is 16.6 Å². The number of hydrogen-bond donors (Lipinski definition) is 4. The fourth-order valence-electron chi connectivity index (χ4n) is 1.12. The Morgan fingerprint density at radius 3 is 2.56 bits per heavy atom. The summed E-state index contributed by atoms with van der Waals surface area (Å²) in [7, 11) is 0. The van der Waals surface area contributed by atoms with Crippen molar-refractivity contribution < 1.29 is 24.6 Å². The summed E-state index contributed by atoms with van der Waals surface area (Å²) in [5.41, 5.74) is 0. The van der Waals surface area contributed by atoms with E-state index < -0.39 is 24.5 Å². The van der Waals surface area contributed by atoms with Gasteiger partial charge in [-0.15, -0.1) is 11.3 Å². The number of carboxylic acid groups (broad SMARTS) is 1. The third-order valence-corrected chi connectivity index (χ3v) is 2.91. The Balaban J connectivity index is 2.69. The van der Waals surface area contributed by atoms with E-state index in [1.165, 1.54) is 19.1 Å². The number of carbonyl (C=O) groups excluding carboxylic acids is 2. The summed E-state index contributed by atoms with van der Waals surface area (Å²) in [5.74, 6) is -2.19. The SMILES string of the molecule is CC(=O)Nc1ccc(C(=O)NC(CO)C(=O)O)s1. The molecule has 1 atom stereocenters. The number of nitrogens with one attached hydrogen (secondary N) is 2. The normalized spacial score (nSPS) is 11.7. The van der Waals surface area contributed by atoms with Gasteiger partial charge in [-0.25, -0.2) is 4.79 Å². The van der Waals surface area contributed by atoms with Crippen LogP contribution in [0.4, 0.5) is 5.00 Å². The zero-order valence-electron chi connectivity index (χ0n) is 9.47.